The number of halogens is 8. The van der Waals surface area contributed by atoms with E-state index in [0.717, 1.165) is 53.6 Å². The molecule has 10 nitrogen and oxygen atoms in total. The van der Waals surface area contributed by atoms with Crippen molar-refractivity contribution in [2.24, 2.45) is 5.92 Å². The third-order valence-corrected chi connectivity index (χ3v) is 14.1. The van der Waals surface area contributed by atoms with Crippen LogP contribution in [-0.4, -0.2) is 103 Å². The van der Waals surface area contributed by atoms with E-state index in [4.69, 9.17) is 14.2 Å². The van der Waals surface area contributed by atoms with Crippen LogP contribution in [-0.2, 0) is 17.1 Å². The Balaban J connectivity index is 0.000000218. The lowest BCUT2D eigenvalue weighted by molar-refractivity contribution is -0.143. The number of hydrogen-bond acceptors (Lipinski definition) is 7. The maximum absolute atomic E-state index is 14.1. The largest absolute Gasteiger partial charge is 0.493 e. The van der Waals surface area contributed by atoms with Crippen molar-refractivity contribution in [1.29, 1.82) is 0 Å². The van der Waals surface area contributed by atoms with Gasteiger partial charge in [-0.15, -0.1) is 0 Å². The number of aryl methyl sites for hydroxylation is 1. The molecule has 0 bridgehead atoms. The van der Waals surface area contributed by atoms with Crippen LogP contribution in [0.25, 0.3) is 0 Å². The van der Waals surface area contributed by atoms with Crippen LogP contribution in [0.4, 0.5) is 39.9 Å². The molecule has 0 spiro atoms. The molecule has 1 N–H and O–H groups in total. The molecule has 5 aliphatic rings. The van der Waals surface area contributed by atoms with Crippen LogP contribution in [0.2, 0.25) is 0 Å². The number of piperidine rings is 2. The van der Waals surface area contributed by atoms with E-state index in [1.54, 1.807) is 17.9 Å². The summed E-state index contributed by atoms with van der Waals surface area (Å²) in [5.41, 5.74) is -0.658. The smallest absolute Gasteiger partial charge is 0.416 e. The predicted molar refractivity (Wildman–Crippen MR) is 236 cm³/mol. The molecule has 18 heteroatoms. The van der Waals surface area contributed by atoms with Crippen molar-refractivity contribution in [3.05, 3.63) is 124 Å². The highest BCUT2D eigenvalue weighted by Gasteiger charge is 2.43. The summed E-state index contributed by atoms with van der Waals surface area (Å²) in [5, 5.41) is 3.43. The third kappa shape index (κ3) is 11.0. The highest BCUT2D eigenvalue weighted by atomic mass is 19.4. The molecule has 0 unspecified atom stereocenters. The average molecular weight is 958 g/mol. The number of amides is 3. The molecule has 366 valence electrons. The summed E-state index contributed by atoms with van der Waals surface area (Å²) in [5.74, 6) is 2.51. The average Bonchev–Trinajstić information content (AvgIpc) is 3.95. The van der Waals surface area contributed by atoms with Gasteiger partial charge in [0, 0.05) is 70.3 Å². The number of fused-ring (bicyclic) bond motifs is 2. The van der Waals surface area contributed by atoms with Gasteiger partial charge >= 0.3 is 18.4 Å². The summed E-state index contributed by atoms with van der Waals surface area (Å²) < 4.78 is 125. The van der Waals surface area contributed by atoms with Gasteiger partial charge < -0.3 is 34.2 Å². The first-order valence-electron chi connectivity index (χ1n) is 22.9. The van der Waals surface area contributed by atoms with Gasteiger partial charge in [0.2, 0.25) is 12.7 Å². The standard InChI is InChI=1S/C31H35F7N4O2.C19H20FNO3/c1-18-12-23(32)4-6-26(18)27-16-24(40-10-11-41-25(17-40)5-7-28(41)43)8-9-42(27)29(44)39(3)19(2)20-13-21(30(33,34)35)15-22(14-20)31(36,37)38;20-15-3-1-13(2-4-15)17-7-8-21-10-14(17)11-22-16-5-6-18-19(9-16)24-12-23-18/h4,6,12-15,19,24-25,27H,5,7-11,16-17H2,1-3H3;1-6,9,14,17,21H,7-8,10-12H2/t19-,24+,25+,27-;14-,17-/m10/s1. The molecule has 3 amide bonds. The van der Waals surface area contributed by atoms with Gasteiger partial charge in [-0.05, 0) is 129 Å². The molecule has 68 heavy (non-hydrogen) atoms. The van der Waals surface area contributed by atoms with Gasteiger partial charge in [0.05, 0.1) is 29.8 Å². The van der Waals surface area contributed by atoms with Gasteiger partial charge in [0.25, 0.3) is 0 Å². The molecule has 5 heterocycles. The minimum absolute atomic E-state index is 0.0619. The number of urea groups is 1. The zero-order valence-electron chi connectivity index (χ0n) is 38.0. The van der Waals surface area contributed by atoms with Crippen LogP contribution >= 0.6 is 0 Å². The van der Waals surface area contributed by atoms with E-state index in [9.17, 15) is 44.7 Å². The van der Waals surface area contributed by atoms with Crippen LogP contribution in [0.5, 0.6) is 17.2 Å². The lowest BCUT2D eigenvalue weighted by atomic mass is 9.81. The van der Waals surface area contributed by atoms with Gasteiger partial charge in [-0.25, -0.2) is 13.6 Å². The topological polar surface area (TPSA) is 86.8 Å². The van der Waals surface area contributed by atoms with Crippen LogP contribution in [0, 0.1) is 24.5 Å². The number of piperazine rings is 1. The van der Waals surface area contributed by atoms with Crippen molar-refractivity contribution < 1.29 is 58.9 Å². The number of alkyl halides is 6. The summed E-state index contributed by atoms with van der Waals surface area (Å²) in [7, 11) is 1.36. The van der Waals surface area contributed by atoms with E-state index in [2.05, 4.69) is 10.2 Å². The first kappa shape index (κ1) is 48.8. The first-order valence-corrected chi connectivity index (χ1v) is 22.9. The van der Waals surface area contributed by atoms with Crippen LogP contribution < -0.4 is 19.5 Å². The summed E-state index contributed by atoms with van der Waals surface area (Å²) in [6.45, 7) is 8.17. The molecule has 4 aromatic rings. The quantitative estimate of drug-likeness (QED) is 0.176. The zero-order chi connectivity index (χ0) is 48.5. The van der Waals surface area contributed by atoms with Gasteiger partial charge in [0.15, 0.2) is 11.5 Å². The number of carbonyl (C=O) groups excluding carboxylic acids is 2. The van der Waals surface area contributed by atoms with E-state index >= 15 is 0 Å². The fourth-order valence-corrected chi connectivity index (χ4v) is 10.3. The Labute approximate surface area is 390 Å². The van der Waals surface area contributed by atoms with Crippen molar-refractivity contribution in [2.75, 3.05) is 59.7 Å². The molecule has 0 radical (unpaired) electrons. The number of carbonyl (C=O) groups is 2. The van der Waals surface area contributed by atoms with Crippen LogP contribution in [0.3, 0.4) is 0 Å². The van der Waals surface area contributed by atoms with Gasteiger partial charge in [0.1, 0.15) is 17.4 Å². The SMILES string of the molecule is Cc1cc(F)ccc1[C@H]1C[C@@H](N2CCN3C(=O)CC[C@H]3C2)CCN1C(=O)N(C)[C@H](C)c1cc(C(F)(F)F)cc(C(F)(F)F)c1.Fc1ccc([C@@H]2CCNC[C@H]2COc2ccc3c(c2)OCO3)cc1. The number of likely N-dealkylation sites (tertiary alicyclic amines) is 1. The van der Waals surface area contributed by atoms with E-state index in [0.29, 0.717) is 75.0 Å². The van der Waals surface area contributed by atoms with Crippen molar-refractivity contribution in [3.63, 3.8) is 0 Å². The monoisotopic (exact) mass is 957 g/mol. The van der Waals surface area contributed by atoms with Crippen molar-refractivity contribution >= 4 is 11.9 Å². The predicted octanol–water partition coefficient (Wildman–Crippen LogP) is 10.1. The number of hydrogen-bond donors (Lipinski definition) is 1. The molecule has 0 saturated carbocycles. The third-order valence-electron chi connectivity index (χ3n) is 14.1. The molecule has 0 aliphatic carbocycles. The van der Waals surface area contributed by atoms with Gasteiger partial charge in [-0.2, -0.15) is 26.3 Å². The maximum Gasteiger partial charge on any atom is 0.416 e. The second-order valence-corrected chi connectivity index (χ2v) is 18.3. The number of benzene rings is 4. The molecule has 6 atom stereocenters. The maximum atomic E-state index is 14.1. The lowest BCUT2D eigenvalue weighted by Crippen LogP contribution is -2.57. The Morgan fingerprint density at radius 3 is 2.25 bits per heavy atom. The van der Waals surface area contributed by atoms with E-state index in [1.807, 2.05) is 35.2 Å². The zero-order valence-corrected chi connectivity index (χ0v) is 38.0. The molecule has 9 rings (SSSR count). The highest BCUT2D eigenvalue weighted by molar-refractivity contribution is 5.79. The van der Waals surface area contributed by atoms with Gasteiger partial charge in [-0.1, -0.05) is 18.2 Å². The fraction of sp³-hybridized carbons (Fsp3) is 0.480. The number of nitrogens with zero attached hydrogens (tertiary/aromatic N) is 4. The Kier molecular flexibility index (Phi) is 14.5. The summed E-state index contributed by atoms with van der Waals surface area (Å²) in [6, 6.07) is 16.2. The second-order valence-electron chi connectivity index (χ2n) is 18.3. The van der Waals surface area contributed by atoms with E-state index in [1.165, 1.54) is 43.8 Å². The van der Waals surface area contributed by atoms with Gasteiger partial charge in [-0.3, -0.25) is 9.69 Å². The number of ether oxygens (including phenoxy) is 3. The summed E-state index contributed by atoms with van der Waals surface area (Å²) >= 11 is 0. The summed E-state index contributed by atoms with van der Waals surface area (Å²) in [6.07, 6.45) is -6.58. The Morgan fingerprint density at radius 1 is 0.838 bits per heavy atom. The summed E-state index contributed by atoms with van der Waals surface area (Å²) in [4.78, 5) is 33.2. The van der Waals surface area contributed by atoms with Crippen molar-refractivity contribution in [3.8, 4) is 17.2 Å². The number of rotatable bonds is 8. The first-order chi connectivity index (χ1) is 32.3. The molecule has 4 saturated heterocycles. The lowest BCUT2D eigenvalue weighted by Gasteiger charge is -2.48. The van der Waals surface area contributed by atoms with Crippen LogP contribution in [0.1, 0.15) is 90.4 Å². The molecular weight excluding hydrogens is 903 g/mol. The molecule has 4 aromatic carbocycles. The Morgan fingerprint density at radius 2 is 1.54 bits per heavy atom. The van der Waals surface area contributed by atoms with Crippen LogP contribution in [0.15, 0.2) is 78.9 Å². The molecule has 5 aliphatic heterocycles. The van der Waals surface area contributed by atoms with E-state index in [-0.39, 0.29) is 48.8 Å². The minimum atomic E-state index is -5.01. The molecule has 0 aromatic heterocycles. The molecule has 4 fully saturated rings. The minimum Gasteiger partial charge on any atom is -0.493 e. The van der Waals surface area contributed by atoms with Crippen molar-refractivity contribution in [1.82, 2.24) is 24.9 Å². The Bertz CT molecular complexity index is 2400. The second kappa shape index (κ2) is 20.2. The van der Waals surface area contributed by atoms with Crippen molar-refractivity contribution in [2.45, 2.75) is 88.4 Å². The highest BCUT2D eigenvalue weighted by Crippen LogP contribution is 2.41. The van der Waals surface area contributed by atoms with E-state index < -0.39 is 47.4 Å². The number of nitrogens with one attached hydrogen (secondary N) is 1. The molecular formula is C50H55F8N5O5. The Hall–Kier alpha value is -5.62. The normalized spacial score (nSPS) is 23.4. The fourth-order valence-electron chi connectivity index (χ4n) is 10.3.